The molecule has 0 radical (unpaired) electrons. The van der Waals surface area contributed by atoms with Gasteiger partial charge in [-0.3, -0.25) is 19.7 Å². The second-order valence-corrected chi connectivity index (χ2v) is 6.61. The fourth-order valence-electron chi connectivity index (χ4n) is 3.21. The largest absolute Gasteiger partial charge is 0.466 e. The summed E-state index contributed by atoms with van der Waals surface area (Å²) in [6, 6.07) is 5.84. The standard InChI is InChI=1S/C19H21N5O6/c1-2-29-19(26)13-7-9-23(10-8-13)17-15(24(27)28)18(22-11-21-17)30-14-5-3-12(4-6-14)16(20)25/h3-6,11,13H,2,7-10H2,1H3,(H2,20,25). The molecule has 0 atom stereocenters. The van der Waals surface area contributed by atoms with E-state index in [9.17, 15) is 19.7 Å². The Morgan fingerprint density at radius 2 is 1.90 bits per heavy atom. The van der Waals surface area contributed by atoms with E-state index in [1.54, 1.807) is 11.8 Å². The molecule has 1 aliphatic heterocycles. The van der Waals surface area contributed by atoms with Crippen molar-refractivity contribution in [3.05, 3.63) is 46.3 Å². The van der Waals surface area contributed by atoms with Gasteiger partial charge < -0.3 is 20.1 Å². The van der Waals surface area contributed by atoms with Crippen molar-refractivity contribution in [1.29, 1.82) is 0 Å². The number of carbonyl (C=O) groups excluding carboxylic acids is 2. The minimum absolute atomic E-state index is 0.126. The Balaban J connectivity index is 1.81. The van der Waals surface area contributed by atoms with Crippen LogP contribution in [0.15, 0.2) is 30.6 Å². The number of nitro groups is 1. The number of benzene rings is 1. The third kappa shape index (κ3) is 4.62. The first-order valence-corrected chi connectivity index (χ1v) is 9.39. The molecule has 2 heterocycles. The number of piperidine rings is 1. The van der Waals surface area contributed by atoms with Crippen molar-refractivity contribution in [2.45, 2.75) is 19.8 Å². The Morgan fingerprint density at radius 1 is 1.23 bits per heavy atom. The number of amides is 1. The molecule has 2 N–H and O–H groups in total. The van der Waals surface area contributed by atoms with Crippen molar-refractivity contribution in [2.24, 2.45) is 11.7 Å². The van der Waals surface area contributed by atoms with Gasteiger partial charge in [0.25, 0.3) is 0 Å². The number of anilines is 1. The number of hydrogen-bond acceptors (Lipinski definition) is 9. The monoisotopic (exact) mass is 415 g/mol. The van der Waals surface area contributed by atoms with Gasteiger partial charge in [0.05, 0.1) is 17.4 Å². The van der Waals surface area contributed by atoms with Crippen molar-refractivity contribution >= 4 is 23.4 Å². The normalized spacial score (nSPS) is 14.2. The van der Waals surface area contributed by atoms with Crippen molar-refractivity contribution in [3.63, 3.8) is 0 Å². The number of nitrogens with two attached hydrogens (primary N) is 1. The number of carbonyl (C=O) groups is 2. The lowest BCUT2D eigenvalue weighted by molar-refractivity contribution is -0.385. The highest BCUT2D eigenvalue weighted by Crippen LogP contribution is 2.37. The molecule has 158 valence electrons. The lowest BCUT2D eigenvalue weighted by Crippen LogP contribution is -2.37. The molecule has 11 heteroatoms. The fraction of sp³-hybridized carbons (Fsp3) is 0.368. The number of esters is 1. The molecule has 11 nitrogen and oxygen atoms in total. The smallest absolute Gasteiger partial charge is 0.373 e. The van der Waals surface area contributed by atoms with Gasteiger partial charge in [0, 0.05) is 18.7 Å². The van der Waals surface area contributed by atoms with Crippen LogP contribution in [0.1, 0.15) is 30.1 Å². The number of hydrogen-bond donors (Lipinski definition) is 1. The first-order valence-electron chi connectivity index (χ1n) is 9.39. The molecule has 3 rings (SSSR count). The third-order valence-electron chi connectivity index (χ3n) is 4.72. The van der Waals surface area contributed by atoms with Gasteiger partial charge in [0.15, 0.2) is 0 Å². The van der Waals surface area contributed by atoms with Crippen LogP contribution in [0.3, 0.4) is 0 Å². The minimum atomic E-state index is -0.597. The molecular formula is C19H21N5O6. The van der Waals surface area contributed by atoms with Crippen LogP contribution in [-0.2, 0) is 9.53 Å². The maximum Gasteiger partial charge on any atom is 0.373 e. The van der Waals surface area contributed by atoms with Crippen LogP contribution in [0.25, 0.3) is 0 Å². The first-order chi connectivity index (χ1) is 14.4. The summed E-state index contributed by atoms with van der Waals surface area (Å²) in [5, 5.41) is 11.8. The summed E-state index contributed by atoms with van der Waals surface area (Å²) in [5.41, 5.74) is 5.12. The summed E-state index contributed by atoms with van der Waals surface area (Å²) < 4.78 is 10.6. The van der Waals surface area contributed by atoms with Gasteiger partial charge in [-0.05, 0) is 44.0 Å². The van der Waals surface area contributed by atoms with E-state index in [1.165, 1.54) is 30.6 Å². The number of rotatable bonds is 7. The summed E-state index contributed by atoms with van der Waals surface area (Å²) in [6.07, 6.45) is 2.20. The summed E-state index contributed by atoms with van der Waals surface area (Å²) in [6.45, 7) is 2.89. The Morgan fingerprint density at radius 3 is 2.47 bits per heavy atom. The number of ether oxygens (including phenoxy) is 2. The van der Waals surface area contributed by atoms with E-state index in [0.29, 0.717) is 32.5 Å². The van der Waals surface area contributed by atoms with Crippen LogP contribution in [0, 0.1) is 16.0 Å². The van der Waals surface area contributed by atoms with Crippen LogP contribution >= 0.6 is 0 Å². The molecule has 2 aromatic rings. The van der Waals surface area contributed by atoms with Gasteiger partial charge in [0.1, 0.15) is 12.1 Å². The Hall–Kier alpha value is -3.76. The van der Waals surface area contributed by atoms with Gasteiger partial charge >= 0.3 is 17.5 Å². The van der Waals surface area contributed by atoms with E-state index in [4.69, 9.17) is 15.2 Å². The van der Waals surface area contributed by atoms with Gasteiger partial charge in [-0.25, -0.2) is 4.98 Å². The van der Waals surface area contributed by atoms with Crippen LogP contribution in [0.4, 0.5) is 11.5 Å². The van der Waals surface area contributed by atoms with Crippen LogP contribution in [0.5, 0.6) is 11.6 Å². The Kier molecular flexibility index (Phi) is 6.40. The van der Waals surface area contributed by atoms with Crippen LogP contribution < -0.4 is 15.4 Å². The molecule has 0 saturated carbocycles. The minimum Gasteiger partial charge on any atom is -0.466 e. The summed E-state index contributed by atoms with van der Waals surface area (Å²) in [7, 11) is 0. The Bertz CT molecular complexity index is 941. The van der Waals surface area contributed by atoms with E-state index in [0.717, 1.165) is 0 Å². The highest BCUT2D eigenvalue weighted by Gasteiger charge is 2.33. The van der Waals surface area contributed by atoms with Gasteiger partial charge in [-0.15, -0.1) is 0 Å². The van der Waals surface area contributed by atoms with Crippen LogP contribution in [-0.4, -0.2) is 46.5 Å². The number of primary amides is 1. The van der Waals surface area contributed by atoms with E-state index < -0.39 is 10.8 Å². The summed E-state index contributed by atoms with van der Waals surface area (Å²) in [4.78, 5) is 44.0. The molecular weight excluding hydrogens is 394 g/mol. The maximum absolute atomic E-state index is 11.9. The zero-order chi connectivity index (χ0) is 21.7. The molecule has 1 aromatic heterocycles. The third-order valence-corrected chi connectivity index (χ3v) is 4.72. The molecule has 1 amide bonds. The van der Waals surface area contributed by atoms with Crippen molar-refractivity contribution in [3.8, 4) is 11.6 Å². The highest BCUT2D eigenvalue weighted by molar-refractivity contribution is 5.92. The SMILES string of the molecule is CCOC(=O)C1CCN(c2ncnc(Oc3ccc(C(N)=O)cc3)c2[N+](=O)[O-])CC1. The predicted octanol–water partition coefficient (Wildman–Crippen LogP) is 2.06. The highest BCUT2D eigenvalue weighted by atomic mass is 16.6. The molecule has 30 heavy (non-hydrogen) atoms. The average molecular weight is 415 g/mol. The quantitative estimate of drug-likeness (QED) is 0.407. The molecule has 1 saturated heterocycles. The topological polar surface area (TPSA) is 151 Å². The van der Waals surface area contributed by atoms with Gasteiger partial charge in [-0.2, -0.15) is 4.98 Å². The number of aromatic nitrogens is 2. The van der Waals surface area contributed by atoms with Crippen molar-refractivity contribution < 1.29 is 24.0 Å². The first kappa shape index (κ1) is 21.0. The second kappa shape index (κ2) is 9.16. The molecule has 0 bridgehead atoms. The second-order valence-electron chi connectivity index (χ2n) is 6.61. The molecule has 0 unspecified atom stereocenters. The molecule has 0 aliphatic carbocycles. The molecule has 1 fully saturated rings. The van der Waals surface area contributed by atoms with E-state index in [2.05, 4.69) is 9.97 Å². The van der Waals surface area contributed by atoms with E-state index in [1.807, 2.05) is 0 Å². The van der Waals surface area contributed by atoms with Crippen molar-refractivity contribution in [2.75, 3.05) is 24.6 Å². The lowest BCUT2D eigenvalue weighted by Gasteiger charge is -2.31. The van der Waals surface area contributed by atoms with Crippen LogP contribution in [0.2, 0.25) is 0 Å². The average Bonchev–Trinajstić information content (AvgIpc) is 2.74. The zero-order valence-electron chi connectivity index (χ0n) is 16.3. The van der Waals surface area contributed by atoms with Crippen molar-refractivity contribution in [1.82, 2.24) is 9.97 Å². The Labute approximate surface area is 172 Å². The zero-order valence-corrected chi connectivity index (χ0v) is 16.3. The maximum atomic E-state index is 11.9. The van der Waals surface area contributed by atoms with Gasteiger partial charge in [0.2, 0.25) is 11.7 Å². The fourth-order valence-corrected chi connectivity index (χ4v) is 3.21. The summed E-state index contributed by atoms with van der Waals surface area (Å²) in [5.74, 6) is -0.915. The predicted molar refractivity (Wildman–Crippen MR) is 105 cm³/mol. The van der Waals surface area contributed by atoms with Gasteiger partial charge in [-0.1, -0.05) is 0 Å². The molecule has 0 spiro atoms. The lowest BCUT2D eigenvalue weighted by atomic mass is 9.97. The van der Waals surface area contributed by atoms with E-state index in [-0.39, 0.29) is 40.6 Å². The molecule has 1 aliphatic rings. The molecule has 1 aromatic carbocycles. The van der Waals surface area contributed by atoms with E-state index >= 15 is 0 Å². The summed E-state index contributed by atoms with van der Waals surface area (Å²) >= 11 is 0. The number of nitrogens with zero attached hydrogens (tertiary/aromatic N) is 4.